The van der Waals surface area contributed by atoms with Crippen LogP contribution in [-0.2, 0) is 17.9 Å². The Balaban J connectivity index is 1.59. The van der Waals surface area contributed by atoms with Gasteiger partial charge in [-0.15, -0.1) is 0 Å². The molecule has 0 atom stereocenters. The number of nitrogens with zero attached hydrogens (tertiary/aromatic N) is 3. The second-order valence-electron chi connectivity index (χ2n) is 7.21. The highest BCUT2D eigenvalue weighted by atomic mass is 16.2. The van der Waals surface area contributed by atoms with Gasteiger partial charge in [-0.05, 0) is 50.5 Å². The van der Waals surface area contributed by atoms with Crippen LogP contribution in [0.3, 0.4) is 0 Å². The monoisotopic (exact) mass is 378 g/mol. The summed E-state index contributed by atoms with van der Waals surface area (Å²) in [5.74, 6) is -0.189. The van der Waals surface area contributed by atoms with Crippen LogP contribution in [0.15, 0.2) is 53.3 Å². The van der Waals surface area contributed by atoms with Gasteiger partial charge in [-0.2, -0.15) is 0 Å². The highest BCUT2D eigenvalue weighted by molar-refractivity contribution is 5.95. The lowest BCUT2D eigenvalue weighted by Crippen LogP contribution is -2.32. The number of rotatable bonds is 5. The molecule has 0 radical (unpaired) electrons. The zero-order valence-corrected chi connectivity index (χ0v) is 16.2. The summed E-state index contributed by atoms with van der Waals surface area (Å²) in [4.78, 5) is 27.9. The molecule has 1 N–H and O–H groups in total. The van der Waals surface area contributed by atoms with E-state index in [0.29, 0.717) is 6.54 Å². The van der Waals surface area contributed by atoms with E-state index in [2.05, 4.69) is 16.3 Å². The number of amides is 1. The lowest BCUT2D eigenvalue weighted by Gasteiger charge is -2.30. The number of aromatic nitrogens is 2. The summed E-state index contributed by atoms with van der Waals surface area (Å²) in [5, 5.41) is 3.03. The van der Waals surface area contributed by atoms with E-state index in [1.165, 1.54) is 19.3 Å². The molecule has 6 nitrogen and oxygen atoms in total. The normalized spacial score (nSPS) is 14.4. The number of hydrogen-bond donors (Lipinski definition) is 1. The molecule has 0 aliphatic carbocycles. The van der Waals surface area contributed by atoms with Crippen molar-refractivity contribution in [3.8, 4) is 0 Å². The van der Waals surface area contributed by atoms with Crippen molar-refractivity contribution in [2.75, 3.05) is 23.3 Å². The maximum absolute atomic E-state index is 12.8. The Hall–Kier alpha value is -3.02. The van der Waals surface area contributed by atoms with Crippen LogP contribution in [-0.4, -0.2) is 28.1 Å². The van der Waals surface area contributed by atoms with Crippen molar-refractivity contribution < 1.29 is 4.79 Å². The summed E-state index contributed by atoms with van der Waals surface area (Å²) in [7, 11) is 0. The molecule has 1 fully saturated rings. The number of piperidine rings is 1. The van der Waals surface area contributed by atoms with E-state index in [0.717, 1.165) is 35.5 Å². The third-order valence-corrected chi connectivity index (χ3v) is 5.42. The van der Waals surface area contributed by atoms with Crippen LogP contribution in [0.5, 0.6) is 0 Å². The standard InChI is InChI=1S/C22H26N4O2/c1-2-25-19-12-6-7-13-20(19)26(22(25)28)16-21(27)23-17-10-4-5-11-18(17)24-14-8-3-9-15-24/h4-7,10-13H,2-3,8-9,14-16H2,1H3,(H,23,27). The first-order valence-electron chi connectivity index (χ1n) is 10.0. The zero-order chi connectivity index (χ0) is 19.5. The van der Waals surface area contributed by atoms with Gasteiger partial charge in [-0.1, -0.05) is 24.3 Å². The zero-order valence-electron chi connectivity index (χ0n) is 16.2. The minimum atomic E-state index is -0.189. The van der Waals surface area contributed by atoms with E-state index in [9.17, 15) is 9.59 Å². The predicted octanol–water partition coefficient (Wildman–Crippen LogP) is 3.45. The van der Waals surface area contributed by atoms with Gasteiger partial charge in [-0.3, -0.25) is 13.9 Å². The number of hydrogen-bond acceptors (Lipinski definition) is 3. The van der Waals surface area contributed by atoms with Gasteiger partial charge >= 0.3 is 5.69 Å². The summed E-state index contributed by atoms with van der Waals surface area (Å²) in [6, 6.07) is 15.5. The molecule has 1 saturated heterocycles. The molecule has 2 aromatic carbocycles. The Morgan fingerprint density at radius 2 is 1.57 bits per heavy atom. The van der Waals surface area contributed by atoms with Gasteiger partial charge in [-0.25, -0.2) is 4.79 Å². The van der Waals surface area contributed by atoms with E-state index in [-0.39, 0.29) is 18.1 Å². The lowest BCUT2D eigenvalue weighted by molar-refractivity contribution is -0.116. The van der Waals surface area contributed by atoms with E-state index in [4.69, 9.17) is 0 Å². The summed E-state index contributed by atoms with van der Waals surface area (Å²) in [5.41, 5.74) is 3.36. The molecule has 2 heterocycles. The number of carbonyl (C=O) groups excluding carboxylic acids is 1. The Bertz CT molecular complexity index is 1040. The van der Waals surface area contributed by atoms with Crippen LogP contribution in [0.25, 0.3) is 11.0 Å². The van der Waals surface area contributed by atoms with Crippen LogP contribution < -0.4 is 15.9 Å². The van der Waals surface area contributed by atoms with Crippen molar-refractivity contribution >= 4 is 28.3 Å². The number of fused-ring (bicyclic) bond motifs is 1. The summed E-state index contributed by atoms with van der Waals surface area (Å²) >= 11 is 0. The fourth-order valence-corrected chi connectivity index (χ4v) is 4.05. The van der Waals surface area contributed by atoms with Crippen molar-refractivity contribution in [2.24, 2.45) is 0 Å². The number of aryl methyl sites for hydroxylation is 1. The molecule has 6 heteroatoms. The number of para-hydroxylation sites is 4. The first-order valence-corrected chi connectivity index (χ1v) is 10.0. The van der Waals surface area contributed by atoms with E-state index in [1.807, 2.05) is 49.4 Å². The highest BCUT2D eigenvalue weighted by Gasteiger charge is 2.18. The van der Waals surface area contributed by atoms with E-state index >= 15 is 0 Å². The molecule has 4 rings (SSSR count). The Labute approximate surface area is 164 Å². The topological polar surface area (TPSA) is 59.3 Å². The third-order valence-electron chi connectivity index (χ3n) is 5.42. The highest BCUT2D eigenvalue weighted by Crippen LogP contribution is 2.28. The van der Waals surface area contributed by atoms with Crippen molar-refractivity contribution in [3.63, 3.8) is 0 Å². The van der Waals surface area contributed by atoms with Crippen molar-refractivity contribution in [2.45, 2.75) is 39.3 Å². The van der Waals surface area contributed by atoms with Crippen LogP contribution in [0.4, 0.5) is 11.4 Å². The Morgan fingerprint density at radius 1 is 0.929 bits per heavy atom. The number of imidazole rings is 1. The lowest BCUT2D eigenvalue weighted by atomic mass is 10.1. The third kappa shape index (κ3) is 3.42. The van der Waals surface area contributed by atoms with Gasteiger partial charge in [0.2, 0.25) is 5.91 Å². The largest absolute Gasteiger partial charge is 0.370 e. The minimum Gasteiger partial charge on any atom is -0.370 e. The van der Waals surface area contributed by atoms with Crippen LogP contribution in [0, 0.1) is 0 Å². The second kappa shape index (κ2) is 7.92. The number of nitrogens with one attached hydrogen (secondary N) is 1. The van der Waals surface area contributed by atoms with Crippen molar-refractivity contribution in [1.29, 1.82) is 0 Å². The summed E-state index contributed by atoms with van der Waals surface area (Å²) < 4.78 is 3.25. The average molecular weight is 378 g/mol. The number of benzene rings is 2. The molecule has 146 valence electrons. The average Bonchev–Trinajstić information content (AvgIpc) is 3.00. The summed E-state index contributed by atoms with van der Waals surface area (Å²) in [6.45, 7) is 4.53. The molecular formula is C22H26N4O2. The number of carbonyl (C=O) groups is 1. The molecule has 1 aliphatic rings. The molecule has 1 amide bonds. The molecule has 28 heavy (non-hydrogen) atoms. The maximum Gasteiger partial charge on any atom is 0.329 e. The second-order valence-corrected chi connectivity index (χ2v) is 7.21. The van der Waals surface area contributed by atoms with Crippen molar-refractivity contribution in [3.05, 3.63) is 59.0 Å². The molecule has 0 unspecified atom stereocenters. The van der Waals surface area contributed by atoms with E-state index < -0.39 is 0 Å². The molecule has 0 spiro atoms. The molecule has 1 aromatic heterocycles. The fourth-order valence-electron chi connectivity index (χ4n) is 4.05. The van der Waals surface area contributed by atoms with Crippen LogP contribution >= 0.6 is 0 Å². The smallest absolute Gasteiger partial charge is 0.329 e. The van der Waals surface area contributed by atoms with Gasteiger partial charge < -0.3 is 10.2 Å². The molecule has 3 aromatic rings. The van der Waals surface area contributed by atoms with Gasteiger partial charge in [0.1, 0.15) is 6.54 Å². The molecule has 0 saturated carbocycles. The molecule has 1 aliphatic heterocycles. The summed E-state index contributed by atoms with van der Waals surface area (Å²) in [6.07, 6.45) is 3.61. The Morgan fingerprint density at radius 3 is 2.29 bits per heavy atom. The van der Waals surface area contributed by atoms with Crippen molar-refractivity contribution in [1.82, 2.24) is 9.13 Å². The van der Waals surface area contributed by atoms with Crippen LogP contribution in [0.2, 0.25) is 0 Å². The maximum atomic E-state index is 12.8. The molecule has 0 bridgehead atoms. The fraction of sp³-hybridized carbons (Fsp3) is 0.364. The Kier molecular flexibility index (Phi) is 5.19. The van der Waals surface area contributed by atoms with Gasteiger partial charge in [0.05, 0.1) is 22.4 Å². The van der Waals surface area contributed by atoms with Gasteiger partial charge in [0.25, 0.3) is 0 Å². The first kappa shape index (κ1) is 18.3. The quantitative estimate of drug-likeness (QED) is 0.740. The number of anilines is 2. The minimum absolute atomic E-state index is 0.000676. The van der Waals surface area contributed by atoms with Gasteiger partial charge in [0.15, 0.2) is 0 Å². The van der Waals surface area contributed by atoms with E-state index in [1.54, 1.807) is 9.13 Å². The van der Waals surface area contributed by atoms with Crippen LogP contribution in [0.1, 0.15) is 26.2 Å². The first-order chi connectivity index (χ1) is 13.7. The molecular weight excluding hydrogens is 352 g/mol. The predicted molar refractivity (Wildman–Crippen MR) is 113 cm³/mol. The SMILES string of the molecule is CCn1c(=O)n(CC(=O)Nc2ccccc2N2CCCCC2)c2ccccc21. The van der Waals surface area contributed by atoms with Gasteiger partial charge in [0, 0.05) is 19.6 Å².